The fourth-order valence-corrected chi connectivity index (χ4v) is 4.35. The normalized spacial score (nSPS) is 13.2. The number of halogens is 4. The standard InChI is InChI=1S/C33H40F4N6O6/c1-31(2,3)49-30(47)41-32(4,5)29(46)39-24(18-48-17-20-11-9-8-10-12-20)27(44)40-25-16-43(19-38-25)26(28(45)42(6)7)22-14-13-21(15-23(22)34)33(35,36)37/h8-16,19,24,26H,17-18H2,1-7H3,(H,39,46)(H,40,44)(H,41,47). The van der Waals surface area contributed by atoms with Crippen molar-refractivity contribution in [3.63, 3.8) is 0 Å². The van der Waals surface area contributed by atoms with Crippen LogP contribution in [0.15, 0.2) is 61.1 Å². The number of carbonyl (C=O) groups is 4. The van der Waals surface area contributed by atoms with Gasteiger partial charge in [-0.2, -0.15) is 13.2 Å². The molecule has 0 fully saturated rings. The van der Waals surface area contributed by atoms with Crippen LogP contribution in [0, 0.1) is 5.82 Å². The van der Waals surface area contributed by atoms with Gasteiger partial charge in [0.05, 0.1) is 25.1 Å². The quantitative estimate of drug-likeness (QED) is 0.234. The summed E-state index contributed by atoms with van der Waals surface area (Å²) in [7, 11) is 2.78. The number of carbonyl (C=O) groups excluding carboxylic acids is 4. The van der Waals surface area contributed by atoms with E-state index in [2.05, 4.69) is 20.9 Å². The maximum absolute atomic E-state index is 15.0. The molecule has 4 amide bonds. The van der Waals surface area contributed by atoms with E-state index in [1.807, 2.05) is 6.07 Å². The van der Waals surface area contributed by atoms with Crippen molar-refractivity contribution < 1.29 is 46.2 Å². The Hall–Kier alpha value is -4.99. The highest BCUT2D eigenvalue weighted by molar-refractivity contribution is 5.98. The highest BCUT2D eigenvalue weighted by Crippen LogP contribution is 2.33. The molecule has 0 spiro atoms. The number of ether oxygens (including phenoxy) is 2. The Kier molecular flexibility index (Phi) is 12.2. The van der Waals surface area contributed by atoms with E-state index in [0.717, 1.165) is 27.4 Å². The third-order valence-corrected chi connectivity index (χ3v) is 6.85. The summed E-state index contributed by atoms with van der Waals surface area (Å²) >= 11 is 0. The van der Waals surface area contributed by atoms with Crippen molar-refractivity contribution in [1.29, 1.82) is 0 Å². The van der Waals surface area contributed by atoms with Gasteiger partial charge in [0, 0.05) is 25.9 Å². The molecule has 2 unspecified atom stereocenters. The minimum Gasteiger partial charge on any atom is -0.444 e. The van der Waals surface area contributed by atoms with E-state index in [4.69, 9.17) is 9.47 Å². The molecule has 49 heavy (non-hydrogen) atoms. The molecular weight excluding hydrogens is 652 g/mol. The molecule has 0 saturated carbocycles. The van der Waals surface area contributed by atoms with Crippen LogP contribution in [-0.4, -0.2) is 76.1 Å². The maximum atomic E-state index is 15.0. The summed E-state index contributed by atoms with van der Waals surface area (Å²) in [6.45, 7) is 7.58. The molecule has 1 aromatic heterocycles. The molecule has 12 nitrogen and oxygen atoms in total. The zero-order valence-electron chi connectivity index (χ0n) is 28.1. The highest BCUT2D eigenvalue weighted by atomic mass is 19.4. The van der Waals surface area contributed by atoms with Crippen LogP contribution in [0.25, 0.3) is 0 Å². The summed E-state index contributed by atoms with van der Waals surface area (Å²) in [6.07, 6.45) is -3.36. The van der Waals surface area contributed by atoms with Gasteiger partial charge in [0.25, 0.3) is 5.91 Å². The molecule has 16 heteroatoms. The molecule has 0 bridgehead atoms. The number of amides is 4. The topological polar surface area (TPSA) is 144 Å². The van der Waals surface area contributed by atoms with Crippen LogP contribution in [0.3, 0.4) is 0 Å². The van der Waals surface area contributed by atoms with Gasteiger partial charge in [0.15, 0.2) is 5.82 Å². The lowest BCUT2D eigenvalue weighted by Crippen LogP contribution is -2.59. The molecule has 0 saturated heterocycles. The van der Waals surface area contributed by atoms with Crippen molar-refractivity contribution in [1.82, 2.24) is 25.1 Å². The number of hydrogen-bond donors (Lipinski definition) is 3. The number of anilines is 1. The van der Waals surface area contributed by atoms with Crippen LogP contribution in [0.4, 0.5) is 28.2 Å². The number of benzene rings is 2. The number of hydrogen-bond acceptors (Lipinski definition) is 7. The smallest absolute Gasteiger partial charge is 0.416 e. The van der Waals surface area contributed by atoms with Crippen LogP contribution in [0.5, 0.6) is 0 Å². The molecule has 1 heterocycles. The largest absolute Gasteiger partial charge is 0.444 e. The summed E-state index contributed by atoms with van der Waals surface area (Å²) in [6, 6.07) is 8.06. The molecule has 3 N–H and O–H groups in total. The van der Waals surface area contributed by atoms with Crippen LogP contribution >= 0.6 is 0 Å². The SMILES string of the molecule is CN(C)C(=O)C(c1ccc(C(F)(F)F)cc1F)n1cnc(NC(=O)C(COCc2ccccc2)NC(=O)C(C)(C)NC(=O)OC(C)(C)C)c1. The zero-order valence-corrected chi connectivity index (χ0v) is 28.1. The van der Waals surface area contributed by atoms with E-state index >= 15 is 4.39 Å². The van der Waals surface area contributed by atoms with Gasteiger partial charge in [0.1, 0.15) is 29.0 Å². The Morgan fingerprint density at radius 2 is 1.63 bits per heavy atom. The van der Waals surface area contributed by atoms with Crippen LogP contribution < -0.4 is 16.0 Å². The fourth-order valence-electron chi connectivity index (χ4n) is 4.35. The number of alkyl halides is 3. The Labute approximate surface area is 281 Å². The molecule has 0 aliphatic heterocycles. The van der Waals surface area contributed by atoms with E-state index in [0.29, 0.717) is 12.1 Å². The summed E-state index contributed by atoms with van der Waals surface area (Å²) in [5, 5.41) is 7.54. The predicted molar refractivity (Wildman–Crippen MR) is 171 cm³/mol. The highest BCUT2D eigenvalue weighted by Gasteiger charge is 2.36. The summed E-state index contributed by atoms with van der Waals surface area (Å²) in [5.74, 6) is -3.62. The summed E-state index contributed by atoms with van der Waals surface area (Å²) < 4.78 is 66.6. The first-order valence-corrected chi connectivity index (χ1v) is 15.0. The zero-order chi connectivity index (χ0) is 36.7. The van der Waals surface area contributed by atoms with E-state index in [-0.39, 0.29) is 24.6 Å². The number of likely N-dealkylation sites (N-methyl/N-ethyl adjacent to an activating group) is 1. The van der Waals surface area contributed by atoms with Gasteiger partial charge in [-0.15, -0.1) is 0 Å². The second kappa shape index (κ2) is 15.5. The molecule has 0 radical (unpaired) electrons. The molecule has 0 aliphatic rings. The van der Waals surface area contributed by atoms with Crippen molar-refractivity contribution in [2.24, 2.45) is 0 Å². The first-order valence-electron chi connectivity index (χ1n) is 15.0. The van der Waals surface area contributed by atoms with Gasteiger partial charge in [0.2, 0.25) is 11.8 Å². The lowest BCUT2D eigenvalue weighted by Gasteiger charge is -2.29. The summed E-state index contributed by atoms with van der Waals surface area (Å²) in [5.41, 5.74) is -3.16. The molecule has 3 aromatic rings. The van der Waals surface area contributed by atoms with Crippen molar-refractivity contribution in [2.75, 3.05) is 26.0 Å². The third kappa shape index (κ3) is 11.0. The first kappa shape index (κ1) is 38.5. The Balaban J connectivity index is 1.85. The predicted octanol–water partition coefficient (Wildman–Crippen LogP) is 4.66. The van der Waals surface area contributed by atoms with Crippen molar-refractivity contribution in [3.8, 4) is 0 Å². The Morgan fingerprint density at radius 1 is 0.980 bits per heavy atom. The minimum absolute atomic E-state index is 0.0989. The van der Waals surface area contributed by atoms with Crippen molar-refractivity contribution >= 4 is 29.6 Å². The Bertz CT molecular complexity index is 1640. The number of rotatable bonds is 12. The minimum atomic E-state index is -4.80. The molecule has 0 aliphatic carbocycles. The molecule has 266 valence electrons. The molecule has 2 atom stereocenters. The molecule has 3 rings (SSSR count). The van der Waals surface area contributed by atoms with Gasteiger partial charge in [-0.3, -0.25) is 14.4 Å². The van der Waals surface area contributed by atoms with Gasteiger partial charge in [-0.25, -0.2) is 14.2 Å². The van der Waals surface area contributed by atoms with Crippen LogP contribution in [-0.2, 0) is 36.6 Å². The number of nitrogens with zero attached hydrogens (tertiary/aromatic N) is 3. The van der Waals surface area contributed by atoms with Crippen molar-refractivity contribution in [2.45, 2.75) is 70.6 Å². The van der Waals surface area contributed by atoms with Gasteiger partial charge in [-0.05, 0) is 52.3 Å². The van der Waals surface area contributed by atoms with Gasteiger partial charge >= 0.3 is 12.3 Å². The second-order valence-corrected chi connectivity index (χ2v) is 12.8. The molecule has 2 aromatic carbocycles. The second-order valence-electron chi connectivity index (χ2n) is 12.8. The van der Waals surface area contributed by atoms with Gasteiger partial charge < -0.3 is 34.9 Å². The first-order chi connectivity index (χ1) is 22.7. The van der Waals surface area contributed by atoms with Crippen LogP contribution in [0.1, 0.15) is 57.4 Å². The average molecular weight is 693 g/mol. The van der Waals surface area contributed by atoms with Crippen LogP contribution in [0.2, 0.25) is 0 Å². The monoisotopic (exact) mass is 692 g/mol. The number of nitrogens with one attached hydrogen (secondary N) is 3. The number of aromatic nitrogens is 2. The summed E-state index contributed by atoms with van der Waals surface area (Å²) in [4.78, 5) is 57.5. The lowest BCUT2D eigenvalue weighted by molar-refractivity contribution is -0.137. The third-order valence-electron chi connectivity index (χ3n) is 6.85. The Morgan fingerprint density at radius 3 is 2.20 bits per heavy atom. The molecular formula is C33H40F4N6O6. The lowest BCUT2D eigenvalue weighted by atomic mass is 10.0. The van der Waals surface area contributed by atoms with Crippen molar-refractivity contribution in [3.05, 3.63) is 83.6 Å². The van der Waals surface area contributed by atoms with E-state index in [9.17, 15) is 32.3 Å². The van der Waals surface area contributed by atoms with E-state index in [1.165, 1.54) is 34.1 Å². The van der Waals surface area contributed by atoms with E-state index in [1.54, 1.807) is 45.0 Å². The fraction of sp³-hybridized carbons (Fsp3) is 0.424. The average Bonchev–Trinajstić information content (AvgIpc) is 3.43. The number of imidazole rings is 1. The maximum Gasteiger partial charge on any atom is 0.416 e. The van der Waals surface area contributed by atoms with Gasteiger partial charge in [-0.1, -0.05) is 36.4 Å². The number of alkyl carbamates (subject to hydrolysis) is 1. The van der Waals surface area contributed by atoms with E-state index < -0.39 is 64.6 Å².